The van der Waals surface area contributed by atoms with Gasteiger partial charge in [0, 0.05) is 6.42 Å². The van der Waals surface area contributed by atoms with Gasteiger partial charge in [-0.15, -0.1) is 0 Å². The lowest BCUT2D eigenvalue weighted by Gasteiger charge is -2.62. The molecule has 4 saturated carbocycles. The lowest BCUT2D eigenvalue weighted by atomic mass is 9.43. The fraction of sp³-hybridized carbons (Fsp3) is 0.960. The van der Waals surface area contributed by atoms with E-state index in [9.17, 15) is 18.3 Å². The summed E-state index contributed by atoms with van der Waals surface area (Å²) in [6.45, 7) is 6.99. The molecule has 184 valence electrons. The first kappa shape index (κ1) is 24.5. The highest BCUT2D eigenvalue weighted by Crippen LogP contribution is 2.68. The molecule has 0 aliphatic heterocycles. The summed E-state index contributed by atoms with van der Waals surface area (Å²) in [7, 11) is -3.57. The van der Waals surface area contributed by atoms with Crippen LogP contribution in [0.15, 0.2) is 0 Å². The molecule has 32 heavy (non-hydrogen) atoms. The highest BCUT2D eigenvalue weighted by Gasteiger charge is 2.63. The second-order valence-corrected chi connectivity index (χ2v) is 13.7. The van der Waals surface area contributed by atoms with E-state index < -0.39 is 16.1 Å². The van der Waals surface area contributed by atoms with Crippen LogP contribution in [0.2, 0.25) is 0 Å². The van der Waals surface area contributed by atoms with Gasteiger partial charge >= 0.3 is 5.97 Å². The van der Waals surface area contributed by atoms with E-state index in [2.05, 4.69) is 20.8 Å². The SMILES string of the molecule is C[C@H](CCC(=O)O)[C@H]1CC[C@H]2[C@@H]3[C@H](OS(C)(=O)=O)C[C@@H]4C[C@H](O)CC[C@]4(C)[C@H]3CC[C@]12C. The van der Waals surface area contributed by atoms with Crippen LogP contribution in [0.5, 0.6) is 0 Å². The van der Waals surface area contributed by atoms with E-state index in [1.165, 1.54) is 6.26 Å². The quantitative estimate of drug-likeness (QED) is 0.556. The number of carboxylic acid groups (broad SMARTS) is 1. The van der Waals surface area contributed by atoms with Crippen LogP contribution < -0.4 is 0 Å². The summed E-state index contributed by atoms with van der Waals surface area (Å²) in [5.41, 5.74) is 0.241. The molecular formula is C25H42O6S. The molecule has 0 amide bonds. The van der Waals surface area contributed by atoms with Crippen LogP contribution in [-0.4, -0.2) is 43.1 Å². The van der Waals surface area contributed by atoms with Crippen LogP contribution >= 0.6 is 0 Å². The summed E-state index contributed by atoms with van der Waals surface area (Å²) in [5.74, 6) is 1.45. The number of hydrogen-bond acceptors (Lipinski definition) is 5. The van der Waals surface area contributed by atoms with Crippen molar-refractivity contribution in [1.29, 1.82) is 0 Å². The summed E-state index contributed by atoms with van der Waals surface area (Å²) >= 11 is 0. The first-order valence-corrected chi connectivity index (χ1v) is 14.4. The van der Waals surface area contributed by atoms with Crippen LogP contribution in [0.25, 0.3) is 0 Å². The predicted molar refractivity (Wildman–Crippen MR) is 122 cm³/mol. The number of carbonyl (C=O) groups is 1. The molecule has 10 atom stereocenters. The maximum atomic E-state index is 12.2. The predicted octanol–water partition coefficient (Wildman–Crippen LogP) is 4.46. The van der Waals surface area contributed by atoms with Gasteiger partial charge in [0.15, 0.2) is 0 Å². The monoisotopic (exact) mass is 470 g/mol. The zero-order chi connectivity index (χ0) is 23.5. The van der Waals surface area contributed by atoms with Crippen LogP contribution in [-0.2, 0) is 19.1 Å². The Kier molecular flexibility index (Phi) is 6.52. The highest BCUT2D eigenvalue weighted by atomic mass is 32.2. The van der Waals surface area contributed by atoms with Crippen LogP contribution in [0.4, 0.5) is 0 Å². The zero-order valence-corrected chi connectivity index (χ0v) is 20.9. The molecule has 0 aromatic carbocycles. The van der Waals surface area contributed by atoms with Gasteiger partial charge in [-0.05, 0) is 104 Å². The Balaban J connectivity index is 1.64. The second kappa shape index (κ2) is 8.53. The molecule has 0 spiro atoms. The third kappa shape index (κ3) is 4.26. The van der Waals surface area contributed by atoms with Crippen LogP contribution in [0.3, 0.4) is 0 Å². The molecule has 6 nitrogen and oxygen atoms in total. The largest absolute Gasteiger partial charge is 0.481 e. The molecule has 0 aromatic rings. The fourth-order valence-electron chi connectivity index (χ4n) is 9.03. The molecule has 0 saturated heterocycles. The first-order valence-electron chi connectivity index (χ1n) is 12.6. The molecule has 4 aliphatic carbocycles. The average Bonchev–Trinajstić information content (AvgIpc) is 3.03. The highest BCUT2D eigenvalue weighted by molar-refractivity contribution is 7.86. The van der Waals surface area contributed by atoms with E-state index in [1.807, 2.05) is 0 Å². The molecule has 0 unspecified atom stereocenters. The van der Waals surface area contributed by atoms with Gasteiger partial charge in [-0.3, -0.25) is 8.98 Å². The van der Waals surface area contributed by atoms with Crippen molar-refractivity contribution in [3.8, 4) is 0 Å². The molecule has 7 heteroatoms. The van der Waals surface area contributed by atoms with Crippen molar-refractivity contribution < 1.29 is 27.6 Å². The Morgan fingerprint density at radius 2 is 1.72 bits per heavy atom. The number of fused-ring (bicyclic) bond motifs is 5. The second-order valence-electron chi connectivity index (χ2n) is 12.1. The topological polar surface area (TPSA) is 101 Å². The Morgan fingerprint density at radius 1 is 1.06 bits per heavy atom. The lowest BCUT2D eigenvalue weighted by Crippen LogP contribution is -2.59. The van der Waals surface area contributed by atoms with Gasteiger partial charge in [0.05, 0.1) is 18.5 Å². The molecule has 0 heterocycles. The normalized spacial score (nSPS) is 47.2. The molecule has 0 bridgehead atoms. The minimum Gasteiger partial charge on any atom is -0.481 e. The molecule has 0 radical (unpaired) electrons. The summed E-state index contributed by atoms with van der Waals surface area (Å²) in [5, 5.41) is 19.5. The third-order valence-electron chi connectivity index (χ3n) is 10.5. The average molecular weight is 471 g/mol. The number of hydrogen-bond donors (Lipinski definition) is 2. The van der Waals surface area contributed by atoms with Crippen molar-refractivity contribution in [3.63, 3.8) is 0 Å². The minimum atomic E-state index is -3.57. The van der Waals surface area contributed by atoms with Crippen molar-refractivity contribution in [2.45, 2.75) is 97.2 Å². The van der Waals surface area contributed by atoms with Gasteiger partial charge in [0.1, 0.15) is 0 Å². The Labute approximate surface area is 193 Å². The van der Waals surface area contributed by atoms with E-state index in [4.69, 9.17) is 9.29 Å². The Morgan fingerprint density at radius 3 is 2.38 bits per heavy atom. The van der Waals surface area contributed by atoms with E-state index >= 15 is 0 Å². The molecular weight excluding hydrogens is 428 g/mol. The van der Waals surface area contributed by atoms with Crippen LogP contribution in [0, 0.1) is 46.3 Å². The van der Waals surface area contributed by atoms with Crippen molar-refractivity contribution in [3.05, 3.63) is 0 Å². The van der Waals surface area contributed by atoms with Gasteiger partial charge in [-0.25, -0.2) is 0 Å². The van der Waals surface area contributed by atoms with E-state index in [-0.39, 0.29) is 35.4 Å². The van der Waals surface area contributed by atoms with Gasteiger partial charge < -0.3 is 10.2 Å². The van der Waals surface area contributed by atoms with Gasteiger partial charge in [-0.2, -0.15) is 8.42 Å². The van der Waals surface area contributed by atoms with Gasteiger partial charge in [0.2, 0.25) is 0 Å². The number of aliphatic carboxylic acids is 1. The Hall–Kier alpha value is -0.660. The Bertz CT molecular complexity index is 826. The van der Waals surface area contributed by atoms with Gasteiger partial charge in [-0.1, -0.05) is 20.8 Å². The number of rotatable bonds is 6. The molecule has 4 rings (SSSR count). The van der Waals surface area contributed by atoms with Crippen LogP contribution in [0.1, 0.15) is 85.0 Å². The van der Waals surface area contributed by atoms with E-state index in [1.54, 1.807) is 0 Å². The number of aliphatic hydroxyl groups is 1. The fourth-order valence-corrected chi connectivity index (χ4v) is 9.68. The smallest absolute Gasteiger partial charge is 0.303 e. The number of carboxylic acids is 1. The van der Waals surface area contributed by atoms with Crippen molar-refractivity contribution in [1.82, 2.24) is 0 Å². The van der Waals surface area contributed by atoms with Crippen molar-refractivity contribution in [2.24, 2.45) is 46.3 Å². The lowest BCUT2D eigenvalue weighted by molar-refractivity contribution is -0.167. The van der Waals surface area contributed by atoms with E-state index in [0.29, 0.717) is 42.4 Å². The number of aliphatic hydroxyl groups excluding tert-OH is 1. The molecule has 4 fully saturated rings. The maximum Gasteiger partial charge on any atom is 0.303 e. The summed E-state index contributed by atoms with van der Waals surface area (Å²) in [6, 6.07) is 0. The minimum absolute atomic E-state index is 0.107. The molecule has 2 N–H and O–H groups in total. The van der Waals surface area contributed by atoms with Gasteiger partial charge in [0.25, 0.3) is 10.1 Å². The van der Waals surface area contributed by atoms with Crippen molar-refractivity contribution >= 4 is 16.1 Å². The molecule has 0 aromatic heterocycles. The van der Waals surface area contributed by atoms with E-state index in [0.717, 1.165) is 44.9 Å². The first-order chi connectivity index (χ1) is 14.8. The maximum absolute atomic E-state index is 12.2. The summed E-state index contributed by atoms with van der Waals surface area (Å²) in [6.07, 6.45) is 9.17. The summed E-state index contributed by atoms with van der Waals surface area (Å²) in [4.78, 5) is 11.1. The van der Waals surface area contributed by atoms with Crippen molar-refractivity contribution in [2.75, 3.05) is 6.26 Å². The third-order valence-corrected chi connectivity index (χ3v) is 11.1. The zero-order valence-electron chi connectivity index (χ0n) is 20.1. The summed E-state index contributed by atoms with van der Waals surface area (Å²) < 4.78 is 30.3. The standard InChI is InChI=1S/C25H42O6S/c1-15(5-8-22(27)28)18-6-7-19-23-20(10-12-25(18,19)3)24(2)11-9-17(26)13-16(24)14-21(23)31-32(4,29)30/h15-21,23,26H,5-14H2,1-4H3,(H,27,28)/t15-,16+,17-,18-,19+,20+,21-,23+,24+,25-/m1/s1. The molecule has 4 aliphatic rings.